The lowest BCUT2D eigenvalue weighted by molar-refractivity contribution is -0.137. The second kappa shape index (κ2) is 9.82. The van der Waals surface area contributed by atoms with Crippen molar-refractivity contribution >= 4 is 17.7 Å². The Labute approximate surface area is 183 Å². The van der Waals surface area contributed by atoms with Crippen LogP contribution in [0, 0.1) is 5.82 Å². The highest BCUT2D eigenvalue weighted by molar-refractivity contribution is 5.96. The second-order valence-corrected chi connectivity index (χ2v) is 7.03. The molecule has 0 spiro atoms. The number of carbonyl (C=O) groups excluding carboxylic acids is 2. The Morgan fingerprint density at radius 1 is 1.09 bits per heavy atom. The molecule has 1 amide bonds. The standard InChI is InChI=1S/C24H21FN2O5/c1-14(28)15-6-5-7-16(12-15)23-21(32-2)11-10-19(26-23)24(31)27-20(13-22(29)30)17-8-3-4-9-18(17)25/h3-12,20H,13H2,1-2H3,(H,27,31)(H,29,30). The molecule has 0 saturated heterocycles. The summed E-state index contributed by atoms with van der Waals surface area (Å²) < 4.78 is 19.6. The molecular weight excluding hydrogens is 415 g/mol. The van der Waals surface area contributed by atoms with E-state index in [0.29, 0.717) is 22.6 Å². The van der Waals surface area contributed by atoms with Crippen LogP contribution in [0.3, 0.4) is 0 Å². The van der Waals surface area contributed by atoms with Crippen molar-refractivity contribution in [2.24, 2.45) is 0 Å². The zero-order valence-corrected chi connectivity index (χ0v) is 17.5. The van der Waals surface area contributed by atoms with E-state index in [1.807, 2.05) is 0 Å². The van der Waals surface area contributed by atoms with E-state index in [2.05, 4.69) is 10.3 Å². The number of carboxylic acids is 1. The van der Waals surface area contributed by atoms with E-state index in [1.54, 1.807) is 36.4 Å². The molecule has 164 valence electrons. The minimum atomic E-state index is -1.19. The SMILES string of the molecule is COc1ccc(C(=O)NC(CC(=O)O)c2ccccc2F)nc1-c1cccc(C(C)=O)c1. The average Bonchev–Trinajstić information content (AvgIpc) is 2.78. The first kappa shape index (κ1) is 22.6. The van der Waals surface area contributed by atoms with Crippen LogP contribution in [0.25, 0.3) is 11.3 Å². The zero-order chi connectivity index (χ0) is 23.3. The number of hydrogen-bond acceptors (Lipinski definition) is 5. The first-order chi connectivity index (χ1) is 15.3. The number of rotatable bonds is 8. The summed E-state index contributed by atoms with van der Waals surface area (Å²) in [5, 5.41) is 11.8. The van der Waals surface area contributed by atoms with Gasteiger partial charge in [0.15, 0.2) is 5.78 Å². The molecular formula is C24H21FN2O5. The summed E-state index contributed by atoms with van der Waals surface area (Å²) in [6.45, 7) is 1.44. The summed E-state index contributed by atoms with van der Waals surface area (Å²) >= 11 is 0. The van der Waals surface area contributed by atoms with Crippen LogP contribution in [0.1, 0.15) is 45.8 Å². The van der Waals surface area contributed by atoms with E-state index in [4.69, 9.17) is 4.74 Å². The summed E-state index contributed by atoms with van der Waals surface area (Å²) in [6.07, 6.45) is -0.504. The summed E-state index contributed by atoms with van der Waals surface area (Å²) in [5.74, 6) is -2.22. The first-order valence-electron chi connectivity index (χ1n) is 9.73. The van der Waals surface area contributed by atoms with Gasteiger partial charge in [-0.25, -0.2) is 9.37 Å². The molecule has 8 heteroatoms. The highest BCUT2D eigenvalue weighted by atomic mass is 19.1. The van der Waals surface area contributed by atoms with E-state index >= 15 is 0 Å². The Bertz CT molecular complexity index is 1180. The smallest absolute Gasteiger partial charge is 0.305 e. The minimum absolute atomic E-state index is 0.0132. The van der Waals surface area contributed by atoms with Gasteiger partial charge in [-0.2, -0.15) is 0 Å². The highest BCUT2D eigenvalue weighted by Crippen LogP contribution is 2.29. The molecule has 0 saturated carbocycles. The maximum absolute atomic E-state index is 14.2. The number of amides is 1. The molecule has 7 nitrogen and oxygen atoms in total. The fourth-order valence-electron chi connectivity index (χ4n) is 3.23. The van der Waals surface area contributed by atoms with Crippen molar-refractivity contribution in [3.05, 3.63) is 83.3 Å². The molecule has 0 radical (unpaired) electrons. The van der Waals surface area contributed by atoms with Gasteiger partial charge in [-0.05, 0) is 31.2 Å². The van der Waals surface area contributed by atoms with Crippen LogP contribution in [0.5, 0.6) is 5.75 Å². The van der Waals surface area contributed by atoms with Crippen molar-refractivity contribution in [3.63, 3.8) is 0 Å². The number of aromatic nitrogens is 1. The Morgan fingerprint density at radius 2 is 1.84 bits per heavy atom. The van der Waals surface area contributed by atoms with Crippen molar-refractivity contribution in [2.75, 3.05) is 7.11 Å². The van der Waals surface area contributed by atoms with Crippen LogP contribution in [0.15, 0.2) is 60.7 Å². The van der Waals surface area contributed by atoms with Crippen LogP contribution in [0.4, 0.5) is 4.39 Å². The number of pyridine rings is 1. The number of carboxylic acid groups (broad SMARTS) is 1. The Balaban J connectivity index is 1.96. The predicted molar refractivity (Wildman–Crippen MR) is 115 cm³/mol. The lowest BCUT2D eigenvalue weighted by atomic mass is 10.0. The molecule has 2 aromatic carbocycles. The molecule has 0 aliphatic heterocycles. The first-order valence-corrected chi connectivity index (χ1v) is 9.73. The maximum Gasteiger partial charge on any atom is 0.305 e. The quantitative estimate of drug-likeness (QED) is 0.516. The lowest BCUT2D eigenvalue weighted by Gasteiger charge is -2.18. The van der Waals surface area contributed by atoms with E-state index in [1.165, 1.54) is 38.3 Å². The number of benzene rings is 2. The number of methoxy groups -OCH3 is 1. The molecule has 3 rings (SSSR count). The van der Waals surface area contributed by atoms with Gasteiger partial charge in [-0.3, -0.25) is 14.4 Å². The fourth-order valence-corrected chi connectivity index (χ4v) is 3.23. The molecule has 0 fully saturated rings. The number of carbonyl (C=O) groups is 3. The van der Waals surface area contributed by atoms with E-state index in [-0.39, 0.29) is 17.0 Å². The van der Waals surface area contributed by atoms with Gasteiger partial charge >= 0.3 is 5.97 Å². The fraction of sp³-hybridized carbons (Fsp3) is 0.167. The van der Waals surface area contributed by atoms with Gasteiger partial charge in [0.25, 0.3) is 5.91 Å². The van der Waals surface area contributed by atoms with Crippen molar-refractivity contribution in [1.82, 2.24) is 10.3 Å². The highest BCUT2D eigenvalue weighted by Gasteiger charge is 2.23. The number of ketones is 1. The third kappa shape index (κ3) is 5.15. The van der Waals surface area contributed by atoms with Gasteiger partial charge in [0.2, 0.25) is 0 Å². The second-order valence-electron chi connectivity index (χ2n) is 7.03. The largest absolute Gasteiger partial charge is 0.494 e. The summed E-state index contributed by atoms with van der Waals surface area (Å²) in [5.41, 5.74) is 1.43. The Kier molecular flexibility index (Phi) is 6.94. The van der Waals surface area contributed by atoms with Crippen LogP contribution in [0.2, 0.25) is 0 Å². The lowest BCUT2D eigenvalue weighted by Crippen LogP contribution is -2.31. The minimum Gasteiger partial charge on any atom is -0.494 e. The van der Waals surface area contributed by atoms with E-state index in [0.717, 1.165) is 0 Å². The van der Waals surface area contributed by atoms with Gasteiger partial charge in [0.1, 0.15) is 23.0 Å². The Morgan fingerprint density at radius 3 is 2.50 bits per heavy atom. The molecule has 0 aliphatic carbocycles. The summed E-state index contributed by atoms with van der Waals surface area (Å²) in [7, 11) is 1.45. The van der Waals surface area contributed by atoms with Crippen LogP contribution < -0.4 is 10.1 Å². The van der Waals surface area contributed by atoms with Crippen LogP contribution >= 0.6 is 0 Å². The number of halogens is 1. The van der Waals surface area contributed by atoms with Gasteiger partial charge < -0.3 is 15.2 Å². The third-order valence-electron chi connectivity index (χ3n) is 4.82. The van der Waals surface area contributed by atoms with Crippen molar-refractivity contribution < 1.29 is 28.6 Å². The van der Waals surface area contributed by atoms with Crippen LogP contribution in [-0.4, -0.2) is 34.9 Å². The number of hydrogen-bond donors (Lipinski definition) is 2. The molecule has 3 aromatic rings. The average molecular weight is 436 g/mol. The number of ether oxygens (including phenoxy) is 1. The van der Waals surface area contributed by atoms with Gasteiger partial charge in [-0.15, -0.1) is 0 Å². The number of aliphatic carboxylic acids is 1. The van der Waals surface area contributed by atoms with Gasteiger partial charge in [0.05, 0.1) is 19.6 Å². The molecule has 1 aromatic heterocycles. The molecule has 1 atom stereocenters. The maximum atomic E-state index is 14.2. The normalized spacial score (nSPS) is 11.5. The third-order valence-corrected chi connectivity index (χ3v) is 4.82. The number of nitrogens with zero attached hydrogens (tertiary/aromatic N) is 1. The molecule has 1 unspecified atom stereocenters. The molecule has 32 heavy (non-hydrogen) atoms. The number of nitrogens with one attached hydrogen (secondary N) is 1. The van der Waals surface area contributed by atoms with Crippen molar-refractivity contribution in [2.45, 2.75) is 19.4 Å². The molecule has 1 heterocycles. The molecule has 2 N–H and O–H groups in total. The Hall–Kier alpha value is -4.07. The molecule has 0 aliphatic rings. The monoisotopic (exact) mass is 436 g/mol. The molecule has 0 bridgehead atoms. The zero-order valence-electron chi connectivity index (χ0n) is 17.5. The van der Waals surface area contributed by atoms with Crippen molar-refractivity contribution in [3.8, 4) is 17.0 Å². The van der Waals surface area contributed by atoms with Gasteiger partial charge in [-0.1, -0.05) is 36.4 Å². The van der Waals surface area contributed by atoms with Crippen LogP contribution in [-0.2, 0) is 4.79 Å². The predicted octanol–water partition coefficient (Wildman–Crippen LogP) is 4.04. The van der Waals surface area contributed by atoms with Gasteiger partial charge in [0, 0.05) is 16.7 Å². The topological polar surface area (TPSA) is 106 Å². The van der Waals surface area contributed by atoms with E-state index in [9.17, 15) is 23.9 Å². The van der Waals surface area contributed by atoms with Crippen molar-refractivity contribution in [1.29, 1.82) is 0 Å². The van der Waals surface area contributed by atoms with E-state index < -0.39 is 30.2 Å². The number of Topliss-reactive ketones (excluding diaryl/α,β-unsaturated/α-hetero) is 1. The summed E-state index contributed by atoms with van der Waals surface area (Å²) in [6, 6.07) is 14.3. The summed E-state index contributed by atoms with van der Waals surface area (Å²) in [4.78, 5) is 40.3.